The smallest absolute Gasteiger partial charge is 0.416 e. The number of rotatable bonds is 28. The molecule has 472 valence electrons. The van der Waals surface area contributed by atoms with E-state index in [1.54, 1.807) is 68.5 Å². The number of nitrogens with zero attached hydrogens (tertiary/aromatic N) is 4. The van der Waals surface area contributed by atoms with Crippen LogP contribution in [0.3, 0.4) is 0 Å². The number of aliphatic hydroxyl groups excluding tert-OH is 1. The van der Waals surface area contributed by atoms with Gasteiger partial charge in [-0.15, -0.1) is 0 Å². The number of imide groups is 1. The molecule has 1 saturated carbocycles. The molecule has 20 heteroatoms. The van der Waals surface area contributed by atoms with Crippen LogP contribution in [0.15, 0.2) is 91.1 Å². The van der Waals surface area contributed by atoms with Crippen LogP contribution in [0.2, 0.25) is 0 Å². The summed E-state index contributed by atoms with van der Waals surface area (Å²) in [7, 11) is 4.68. The molecule has 6 aliphatic rings. The van der Waals surface area contributed by atoms with Crippen molar-refractivity contribution < 1.29 is 71.9 Å². The number of anilines is 1. The summed E-state index contributed by atoms with van der Waals surface area (Å²) in [4.78, 5) is 112. The van der Waals surface area contributed by atoms with E-state index in [9.17, 15) is 43.5 Å². The molecule has 20 nitrogen and oxygen atoms in total. The Morgan fingerprint density at radius 3 is 2.03 bits per heavy atom. The Hall–Kier alpha value is -8.52. The largest absolute Gasteiger partial charge is 0.497 e. The first-order chi connectivity index (χ1) is 42.9. The molecule has 0 aromatic heterocycles. The van der Waals surface area contributed by atoms with Crippen molar-refractivity contribution >= 4 is 58.5 Å². The van der Waals surface area contributed by atoms with Crippen molar-refractivity contribution in [2.45, 2.75) is 148 Å². The molecular weight excluding hydrogens is 1140 g/mol. The van der Waals surface area contributed by atoms with Gasteiger partial charge in [-0.3, -0.25) is 38.5 Å². The van der Waals surface area contributed by atoms with Crippen LogP contribution < -0.4 is 33.9 Å². The topological polar surface area (TPSA) is 237 Å². The molecule has 2 N–H and O–H groups in total. The second-order valence-electron chi connectivity index (χ2n) is 24.7. The summed E-state index contributed by atoms with van der Waals surface area (Å²) in [5.41, 5.74) is 5.16. The maximum absolute atomic E-state index is 14.4. The first-order valence-electron chi connectivity index (χ1n) is 31.2. The number of carbonyl (C=O) groups excluding carboxylic acids is 8. The number of Topliss-reactive ketones (excluding diaryl/α,β-unsaturated/α-hetero) is 2. The number of carbonyl (C=O) groups is 8. The van der Waals surface area contributed by atoms with Gasteiger partial charge in [0.05, 0.1) is 57.9 Å². The van der Waals surface area contributed by atoms with Crippen molar-refractivity contribution in [2.75, 3.05) is 52.5 Å². The zero-order valence-electron chi connectivity index (χ0n) is 51.7. The average molecular weight is 1220 g/mol. The Kier molecular flexibility index (Phi) is 19.9. The highest BCUT2D eigenvalue weighted by atomic mass is 16.6. The van der Waals surface area contributed by atoms with Crippen LogP contribution in [0.5, 0.6) is 28.7 Å². The number of aryl methyl sites for hydroxylation is 1. The second-order valence-corrected chi connectivity index (χ2v) is 24.7. The molecule has 4 aromatic carbocycles. The Morgan fingerprint density at radius 2 is 1.38 bits per heavy atom. The Balaban J connectivity index is 0.712. The van der Waals surface area contributed by atoms with Crippen molar-refractivity contribution in [1.29, 1.82) is 0 Å². The number of amides is 6. The lowest BCUT2D eigenvalue weighted by atomic mass is 9.88. The van der Waals surface area contributed by atoms with E-state index in [-0.39, 0.29) is 108 Å². The molecule has 2 fully saturated rings. The molecular formula is C69H81N5O15. The minimum Gasteiger partial charge on any atom is -0.497 e. The fourth-order valence-electron chi connectivity index (χ4n) is 12.7. The number of aliphatic hydroxyl groups is 1. The molecule has 0 radical (unpaired) electrons. The minimum atomic E-state index is -1.43. The van der Waals surface area contributed by atoms with Crippen LogP contribution >= 0.6 is 0 Å². The van der Waals surface area contributed by atoms with E-state index in [1.165, 1.54) is 24.2 Å². The van der Waals surface area contributed by atoms with Crippen LogP contribution in [0, 0.1) is 17.3 Å². The van der Waals surface area contributed by atoms with Crippen LogP contribution in [-0.4, -0.2) is 139 Å². The van der Waals surface area contributed by atoms with Gasteiger partial charge >= 0.3 is 6.09 Å². The number of hydrogen-bond donors (Lipinski definition) is 2. The number of ether oxygens (including phenoxy) is 6. The minimum absolute atomic E-state index is 0.00728. The van der Waals surface area contributed by atoms with E-state index in [2.05, 4.69) is 5.32 Å². The zero-order chi connectivity index (χ0) is 63.1. The normalized spacial score (nSPS) is 19.4. The molecule has 1 spiro atoms. The summed E-state index contributed by atoms with van der Waals surface area (Å²) < 4.78 is 35.3. The maximum atomic E-state index is 14.4. The maximum Gasteiger partial charge on any atom is 0.416 e. The van der Waals surface area contributed by atoms with Gasteiger partial charge in [0.2, 0.25) is 5.91 Å². The predicted octanol–water partition coefficient (Wildman–Crippen LogP) is 9.35. The number of benzene rings is 4. The lowest BCUT2D eigenvalue weighted by molar-refractivity contribution is -0.137. The van der Waals surface area contributed by atoms with Crippen molar-refractivity contribution in [3.8, 4) is 28.7 Å². The zero-order valence-corrected chi connectivity index (χ0v) is 51.7. The molecule has 4 aromatic rings. The van der Waals surface area contributed by atoms with Gasteiger partial charge in [0.15, 0.2) is 35.0 Å². The van der Waals surface area contributed by atoms with Gasteiger partial charge in [0.1, 0.15) is 18.1 Å². The van der Waals surface area contributed by atoms with Crippen molar-refractivity contribution in [1.82, 2.24) is 20.0 Å². The molecule has 5 heterocycles. The summed E-state index contributed by atoms with van der Waals surface area (Å²) in [5, 5.41) is 15.0. The van der Waals surface area contributed by atoms with Crippen LogP contribution in [-0.2, 0) is 48.2 Å². The third-order valence-corrected chi connectivity index (χ3v) is 18.3. The number of nitrogens with one attached hydrogen (secondary N) is 1. The first-order valence-corrected chi connectivity index (χ1v) is 31.2. The third kappa shape index (κ3) is 14.5. The standard InChI is InChI=1S/C69H81N5O15/c1-42(2)52(34-50(75)13-9-7-10-28-71-62(77)24-25-63(71)78)64(79)70-43(3)57(76)31-44-14-16-45(17-15-44)40-89-68(83)74-55-37-61(59(86-6)36-54(55)66(81)73-41-69(26-27-69)38-56(73)67(74)82)88-30-12-8-11-29-87-60-33-47-18-21-49-32-48(46-19-22-51(84-4)23-20-46)39-72(49)65(80)53(47)35-58(60)85-5/h14-17,19-20,22-25,33,35-37,39,42-43,49,52,56,67,82H,7-13,18,21,26-32,34,38,40-41H2,1-6H3,(H,70,79)/t43-,49+,52-,56-,67-/m0/s1. The van der Waals surface area contributed by atoms with Gasteiger partial charge in [-0.25, -0.2) is 9.69 Å². The van der Waals surface area contributed by atoms with Gasteiger partial charge in [-0.1, -0.05) is 56.7 Å². The summed E-state index contributed by atoms with van der Waals surface area (Å²) in [6, 6.07) is 20.2. The van der Waals surface area contributed by atoms with Crippen LogP contribution in [0.4, 0.5) is 10.5 Å². The molecule has 10 rings (SSSR count). The monoisotopic (exact) mass is 1220 g/mol. The van der Waals surface area contributed by atoms with Crippen LogP contribution in [0.1, 0.15) is 147 Å². The highest BCUT2D eigenvalue weighted by Crippen LogP contribution is 2.57. The number of ketones is 2. The number of unbranched alkanes of at least 4 members (excludes halogenated alkanes) is 4. The molecule has 5 aliphatic heterocycles. The van der Waals surface area contributed by atoms with E-state index < -0.39 is 30.3 Å². The molecule has 0 unspecified atom stereocenters. The van der Waals surface area contributed by atoms with Crippen molar-refractivity contribution in [3.05, 3.63) is 125 Å². The Bertz CT molecular complexity index is 3390. The highest BCUT2D eigenvalue weighted by Gasteiger charge is 2.58. The van der Waals surface area contributed by atoms with Gasteiger partial charge in [-0.2, -0.15) is 0 Å². The quantitative estimate of drug-likeness (QED) is 0.0398. The highest BCUT2D eigenvalue weighted by molar-refractivity contribution is 6.13. The predicted molar refractivity (Wildman–Crippen MR) is 330 cm³/mol. The molecule has 1 saturated heterocycles. The fraction of sp³-hybridized carbons (Fsp3) is 0.478. The van der Waals surface area contributed by atoms with Gasteiger partial charge in [0, 0.05) is 74.3 Å². The first kappa shape index (κ1) is 63.5. The fourth-order valence-corrected chi connectivity index (χ4v) is 12.7. The van der Waals surface area contributed by atoms with E-state index in [0.717, 1.165) is 59.5 Å². The van der Waals surface area contributed by atoms with Crippen LogP contribution in [0.25, 0.3) is 5.57 Å². The van der Waals surface area contributed by atoms with E-state index in [0.29, 0.717) is 98.6 Å². The molecule has 5 atom stereocenters. The third-order valence-electron chi connectivity index (χ3n) is 18.3. The van der Waals surface area contributed by atoms with Gasteiger partial charge in [0.25, 0.3) is 23.6 Å². The number of fused-ring (bicyclic) bond motifs is 4. The summed E-state index contributed by atoms with van der Waals surface area (Å²) in [6.45, 7) is 6.54. The number of methoxy groups -OCH3 is 3. The van der Waals surface area contributed by atoms with E-state index in [4.69, 9.17) is 28.4 Å². The lowest BCUT2D eigenvalue weighted by Crippen LogP contribution is -2.50. The summed E-state index contributed by atoms with van der Waals surface area (Å²) in [5.74, 6) is -0.132. The summed E-state index contributed by atoms with van der Waals surface area (Å²) in [6.07, 6.45) is 10.9. The van der Waals surface area contributed by atoms with E-state index in [1.807, 2.05) is 55.3 Å². The molecule has 6 amide bonds. The van der Waals surface area contributed by atoms with Gasteiger partial charge < -0.3 is 48.6 Å². The molecule has 0 bridgehead atoms. The van der Waals surface area contributed by atoms with Gasteiger partial charge in [-0.05, 0) is 147 Å². The summed E-state index contributed by atoms with van der Waals surface area (Å²) >= 11 is 0. The second kappa shape index (κ2) is 27.9. The Morgan fingerprint density at radius 1 is 0.730 bits per heavy atom. The lowest BCUT2D eigenvalue weighted by Gasteiger charge is -2.31. The number of hydrogen-bond acceptors (Lipinski definition) is 15. The van der Waals surface area contributed by atoms with Crippen molar-refractivity contribution in [3.63, 3.8) is 0 Å². The molecule has 1 aliphatic carbocycles. The van der Waals surface area contributed by atoms with Crippen molar-refractivity contribution in [2.24, 2.45) is 17.3 Å². The average Bonchev–Trinajstić information content (AvgIpc) is 1.62. The molecule has 89 heavy (non-hydrogen) atoms. The van der Waals surface area contributed by atoms with E-state index >= 15 is 0 Å². The Labute approximate surface area is 519 Å². The SMILES string of the molecule is COc1ccc(C2=CN3C(=O)c4cc(OC)c(OCCCCCOc5cc6c(cc5OC)C(=O)N5CC7(CC7)C[C@H]5[C@H](O)N6C(=O)OCc5ccc(CC(=O)[C@H](C)NC(=O)[C@@H](CC(=O)CCCCCN6C(=O)C=CC6=O)C(C)C)cc5)cc4CC[C@@H]3C2)cc1.